The van der Waals surface area contributed by atoms with Crippen molar-refractivity contribution in [2.24, 2.45) is 0 Å². The number of nitrogens with one attached hydrogen (secondary N) is 1. The minimum atomic E-state index is -4.52. The van der Waals surface area contributed by atoms with Gasteiger partial charge in [-0.25, -0.2) is 13.1 Å². The molecule has 0 heterocycles. The van der Waals surface area contributed by atoms with Gasteiger partial charge < -0.3 is 4.74 Å². The van der Waals surface area contributed by atoms with Crippen molar-refractivity contribution in [2.75, 3.05) is 12.4 Å². The Hall–Kier alpha value is -1.58. The molecule has 1 unspecified atom stereocenters. The molecule has 2 aromatic rings. The molecule has 136 valence electrons. The van der Waals surface area contributed by atoms with E-state index in [9.17, 15) is 21.6 Å². The standard InChI is InChI=1S/C16H15BrF3NO3S/c1-24-13-6-2-11(3-7-13)15(10-17)21-25(22,23)14-8-4-12(5-9-14)16(18,19)20/h2-9,15,21H,10H2,1H3. The maximum atomic E-state index is 12.6. The summed E-state index contributed by atoms with van der Waals surface area (Å²) in [6.07, 6.45) is -4.52. The SMILES string of the molecule is COc1ccc(C(CBr)NS(=O)(=O)c2ccc(C(F)(F)F)cc2)cc1. The quantitative estimate of drug-likeness (QED) is 0.691. The van der Waals surface area contributed by atoms with E-state index in [0.29, 0.717) is 16.6 Å². The van der Waals surface area contributed by atoms with Gasteiger partial charge in [-0.15, -0.1) is 0 Å². The highest BCUT2D eigenvalue weighted by Crippen LogP contribution is 2.30. The van der Waals surface area contributed by atoms with E-state index in [1.54, 1.807) is 24.3 Å². The second kappa shape index (κ2) is 7.76. The van der Waals surface area contributed by atoms with Crippen molar-refractivity contribution in [1.29, 1.82) is 0 Å². The van der Waals surface area contributed by atoms with Crippen molar-refractivity contribution in [3.8, 4) is 5.75 Å². The number of hydrogen-bond donors (Lipinski definition) is 1. The van der Waals surface area contributed by atoms with Gasteiger partial charge in [0, 0.05) is 5.33 Å². The second-order valence-corrected chi connectivity index (χ2v) is 7.48. The maximum absolute atomic E-state index is 12.6. The average molecular weight is 438 g/mol. The van der Waals surface area contributed by atoms with Gasteiger partial charge in [-0.2, -0.15) is 13.2 Å². The molecule has 2 rings (SSSR count). The number of benzene rings is 2. The number of rotatable bonds is 6. The highest BCUT2D eigenvalue weighted by Gasteiger charge is 2.31. The lowest BCUT2D eigenvalue weighted by Gasteiger charge is -2.17. The summed E-state index contributed by atoms with van der Waals surface area (Å²) < 4.78 is 70.1. The monoisotopic (exact) mass is 437 g/mol. The van der Waals surface area contributed by atoms with Gasteiger partial charge in [0.2, 0.25) is 10.0 Å². The normalized spacial score (nSPS) is 13.5. The summed E-state index contributed by atoms with van der Waals surface area (Å²) in [5.74, 6) is 0.627. The fourth-order valence-electron chi connectivity index (χ4n) is 2.10. The summed E-state index contributed by atoms with van der Waals surface area (Å²) in [5.41, 5.74) is -0.216. The number of hydrogen-bond acceptors (Lipinski definition) is 3. The first kappa shape index (κ1) is 19.7. The first-order valence-electron chi connectivity index (χ1n) is 7.07. The maximum Gasteiger partial charge on any atom is 0.416 e. The Morgan fingerprint density at radius 1 is 1.08 bits per heavy atom. The van der Waals surface area contributed by atoms with Crippen LogP contribution in [0.1, 0.15) is 17.2 Å². The van der Waals surface area contributed by atoms with Gasteiger partial charge in [-0.05, 0) is 42.0 Å². The molecule has 4 nitrogen and oxygen atoms in total. The lowest BCUT2D eigenvalue weighted by Crippen LogP contribution is -2.29. The number of sulfonamides is 1. The molecule has 0 saturated heterocycles. The molecular weight excluding hydrogens is 423 g/mol. The van der Waals surface area contributed by atoms with Crippen LogP contribution in [0.5, 0.6) is 5.75 Å². The fraction of sp³-hybridized carbons (Fsp3) is 0.250. The van der Waals surface area contributed by atoms with Crippen LogP contribution in [0.15, 0.2) is 53.4 Å². The van der Waals surface area contributed by atoms with Crippen molar-refractivity contribution in [2.45, 2.75) is 17.1 Å². The first-order valence-corrected chi connectivity index (χ1v) is 9.67. The molecule has 0 saturated carbocycles. The predicted molar refractivity (Wildman–Crippen MR) is 91.3 cm³/mol. The van der Waals surface area contributed by atoms with E-state index in [-0.39, 0.29) is 4.90 Å². The molecule has 25 heavy (non-hydrogen) atoms. The third kappa shape index (κ3) is 4.96. The first-order chi connectivity index (χ1) is 11.7. The zero-order valence-corrected chi connectivity index (χ0v) is 15.5. The molecule has 0 aliphatic heterocycles. The van der Waals surface area contributed by atoms with Crippen LogP contribution in [0, 0.1) is 0 Å². The van der Waals surface area contributed by atoms with Crippen LogP contribution in [0.3, 0.4) is 0 Å². The minimum absolute atomic E-state index is 0.236. The fourth-order valence-corrected chi connectivity index (χ4v) is 4.08. The van der Waals surface area contributed by atoms with Gasteiger partial charge in [0.15, 0.2) is 0 Å². The van der Waals surface area contributed by atoms with Crippen molar-refractivity contribution in [3.63, 3.8) is 0 Å². The molecule has 0 amide bonds. The third-order valence-electron chi connectivity index (χ3n) is 3.46. The van der Waals surface area contributed by atoms with Gasteiger partial charge in [0.05, 0.1) is 23.6 Å². The highest BCUT2D eigenvalue weighted by molar-refractivity contribution is 9.09. The van der Waals surface area contributed by atoms with Gasteiger partial charge in [0.1, 0.15) is 5.75 Å². The smallest absolute Gasteiger partial charge is 0.416 e. The number of alkyl halides is 4. The van der Waals surface area contributed by atoms with Crippen molar-refractivity contribution < 1.29 is 26.3 Å². The predicted octanol–water partition coefficient (Wildman–Crippen LogP) is 4.13. The molecular formula is C16H15BrF3NO3S. The Labute approximate surface area is 152 Å². The van der Waals surface area contributed by atoms with Crippen LogP contribution in [0.25, 0.3) is 0 Å². The lowest BCUT2D eigenvalue weighted by molar-refractivity contribution is -0.137. The average Bonchev–Trinajstić information content (AvgIpc) is 2.59. The van der Waals surface area contributed by atoms with Crippen LogP contribution in [-0.4, -0.2) is 20.9 Å². The van der Waals surface area contributed by atoms with E-state index in [4.69, 9.17) is 4.74 Å². The van der Waals surface area contributed by atoms with Gasteiger partial charge in [-0.1, -0.05) is 28.1 Å². The number of ether oxygens (including phenoxy) is 1. The van der Waals surface area contributed by atoms with Crippen molar-refractivity contribution >= 4 is 26.0 Å². The Bertz CT molecular complexity index is 806. The summed E-state index contributed by atoms with van der Waals surface area (Å²) >= 11 is 3.24. The number of methoxy groups -OCH3 is 1. The Balaban J connectivity index is 2.23. The Morgan fingerprint density at radius 2 is 1.64 bits per heavy atom. The molecule has 0 bridgehead atoms. The molecule has 9 heteroatoms. The van der Waals surface area contributed by atoms with Crippen LogP contribution in [0.2, 0.25) is 0 Å². The van der Waals surface area contributed by atoms with Crippen LogP contribution >= 0.6 is 15.9 Å². The summed E-state index contributed by atoms with van der Waals surface area (Å²) in [5, 5.41) is 0.291. The molecule has 0 fully saturated rings. The highest BCUT2D eigenvalue weighted by atomic mass is 79.9. The van der Waals surface area contributed by atoms with Gasteiger partial charge in [0.25, 0.3) is 0 Å². The van der Waals surface area contributed by atoms with Crippen LogP contribution in [-0.2, 0) is 16.2 Å². The second-order valence-electron chi connectivity index (χ2n) is 5.12. The molecule has 2 aromatic carbocycles. The largest absolute Gasteiger partial charge is 0.497 e. The topological polar surface area (TPSA) is 55.4 Å². The van der Waals surface area contributed by atoms with Gasteiger partial charge in [-0.3, -0.25) is 0 Å². The van der Waals surface area contributed by atoms with E-state index in [1.165, 1.54) is 7.11 Å². The zero-order valence-electron chi connectivity index (χ0n) is 13.0. The van der Waals surface area contributed by atoms with Gasteiger partial charge >= 0.3 is 6.18 Å². The minimum Gasteiger partial charge on any atom is -0.497 e. The molecule has 0 aliphatic rings. The summed E-state index contributed by atoms with van der Waals surface area (Å²) in [6.45, 7) is 0. The Morgan fingerprint density at radius 3 is 2.08 bits per heavy atom. The Kier molecular flexibility index (Phi) is 6.12. The van der Waals surface area contributed by atoms with E-state index < -0.39 is 27.8 Å². The van der Waals surface area contributed by atoms with E-state index >= 15 is 0 Å². The summed E-state index contributed by atoms with van der Waals surface area (Å²) in [7, 11) is -2.46. The van der Waals surface area contributed by atoms with Crippen molar-refractivity contribution in [1.82, 2.24) is 4.72 Å². The van der Waals surface area contributed by atoms with Crippen molar-refractivity contribution in [3.05, 3.63) is 59.7 Å². The number of halogens is 4. The molecule has 0 spiro atoms. The lowest BCUT2D eigenvalue weighted by atomic mass is 10.1. The summed E-state index contributed by atoms with van der Waals surface area (Å²) in [6, 6.07) is 9.57. The molecule has 0 aliphatic carbocycles. The van der Waals surface area contributed by atoms with E-state index in [1.807, 2.05) is 0 Å². The zero-order chi connectivity index (χ0) is 18.7. The summed E-state index contributed by atoms with van der Waals surface area (Å²) in [4.78, 5) is -0.236. The van der Waals surface area contributed by atoms with E-state index in [0.717, 1.165) is 24.3 Å². The van der Waals surface area contributed by atoms with E-state index in [2.05, 4.69) is 20.7 Å². The van der Waals surface area contributed by atoms with Crippen LogP contribution in [0.4, 0.5) is 13.2 Å². The molecule has 1 atom stereocenters. The molecule has 1 N–H and O–H groups in total. The molecule has 0 aromatic heterocycles. The third-order valence-corrected chi connectivity index (χ3v) is 5.60. The molecule has 0 radical (unpaired) electrons. The van der Waals surface area contributed by atoms with Crippen LogP contribution < -0.4 is 9.46 Å².